The van der Waals surface area contributed by atoms with Gasteiger partial charge in [0, 0.05) is 36.9 Å². The monoisotopic (exact) mass is 311 g/mol. The molecule has 120 valence electrons. The molecule has 3 aliphatic rings. The fourth-order valence-electron chi connectivity index (χ4n) is 3.60. The van der Waals surface area contributed by atoms with E-state index in [-0.39, 0.29) is 0 Å². The van der Waals surface area contributed by atoms with Crippen molar-refractivity contribution in [2.75, 3.05) is 24.5 Å². The van der Waals surface area contributed by atoms with Crippen molar-refractivity contribution in [3.05, 3.63) is 17.5 Å². The topological polar surface area (TPSA) is 71.8 Å². The third-order valence-electron chi connectivity index (χ3n) is 5.38. The van der Waals surface area contributed by atoms with Gasteiger partial charge in [-0.25, -0.2) is 14.6 Å². The molecule has 1 aliphatic carbocycles. The van der Waals surface area contributed by atoms with Crippen LogP contribution in [0.4, 0.5) is 5.95 Å². The van der Waals surface area contributed by atoms with Crippen LogP contribution in [0.5, 0.6) is 0 Å². The quantitative estimate of drug-likeness (QED) is 0.910. The molecule has 0 spiro atoms. The average Bonchev–Trinajstić information content (AvgIpc) is 3.12. The van der Waals surface area contributed by atoms with Crippen molar-refractivity contribution >= 4 is 5.95 Å². The summed E-state index contributed by atoms with van der Waals surface area (Å²) in [5.74, 6) is 0.874. The SMILES string of the molecule is C[C@H]1CCN1c1nc2c(c(-c3cn(C4CNC4)nn3)n1)CCC2. The van der Waals surface area contributed by atoms with Crippen LogP contribution in [0.15, 0.2) is 6.20 Å². The molecular formula is C16H21N7. The Morgan fingerprint density at radius 1 is 1.22 bits per heavy atom. The van der Waals surface area contributed by atoms with Gasteiger partial charge in [-0.1, -0.05) is 5.21 Å². The lowest BCUT2D eigenvalue weighted by molar-refractivity contribution is 0.313. The summed E-state index contributed by atoms with van der Waals surface area (Å²) in [6, 6.07) is 0.972. The van der Waals surface area contributed by atoms with Gasteiger partial charge < -0.3 is 10.2 Å². The molecule has 0 saturated carbocycles. The molecule has 7 heteroatoms. The maximum atomic E-state index is 4.89. The third kappa shape index (κ3) is 2.06. The highest BCUT2D eigenvalue weighted by atomic mass is 15.5. The molecule has 2 saturated heterocycles. The first kappa shape index (κ1) is 13.4. The number of rotatable bonds is 3. The molecule has 7 nitrogen and oxygen atoms in total. The standard InChI is InChI=1S/C16H21N7/c1-10-5-6-22(10)16-18-13-4-2-3-12(13)15(19-16)14-9-23(21-20-14)11-7-17-8-11/h9-11,17H,2-8H2,1H3/t10-/m0/s1. The summed E-state index contributed by atoms with van der Waals surface area (Å²) in [6.07, 6.45) is 6.55. The lowest BCUT2D eigenvalue weighted by Crippen LogP contribution is -2.46. The predicted molar refractivity (Wildman–Crippen MR) is 86.4 cm³/mol. The van der Waals surface area contributed by atoms with Gasteiger partial charge in [0.05, 0.1) is 12.2 Å². The molecule has 2 aromatic heterocycles. The van der Waals surface area contributed by atoms with Crippen LogP contribution in [0.2, 0.25) is 0 Å². The summed E-state index contributed by atoms with van der Waals surface area (Å²) in [5.41, 5.74) is 4.39. The van der Waals surface area contributed by atoms with Crippen LogP contribution in [-0.2, 0) is 12.8 Å². The Bertz CT molecular complexity index is 749. The van der Waals surface area contributed by atoms with Crippen LogP contribution in [0.1, 0.15) is 37.1 Å². The first-order valence-corrected chi connectivity index (χ1v) is 8.59. The number of aromatic nitrogens is 5. The van der Waals surface area contributed by atoms with Crippen molar-refractivity contribution < 1.29 is 0 Å². The lowest BCUT2D eigenvalue weighted by atomic mass is 10.1. The van der Waals surface area contributed by atoms with Gasteiger partial charge in [-0.15, -0.1) is 5.10 Å². The second-order valence-electron chi connectivity index (χ2n) is 6.88. The Balaban J connectivity index is 1.56. The largest absolute Gasteiger partial charge is 0.338 e. The number of anilines is 1. The summed E-state index contributed by atoms with van der Waals surface area (Å²) >= 11 is 0. The van der Waals surface area contributed by atoms with E-state index in [0.29, 0.717) is 12.1 Å². The molecule has 0 bridgehead atoms. The smallest absolute Gasteiger partial charge is 0.226 e. The minimum Gasteiger partial charge on any atom is -0.338 e. The molecule has 23 heavy (non-hydrogen) atoms. The van der Waals surface area contributed by atoms with Gasteiger partial charge in [0.15, 0.2) is 0 Å². The minimum atomic E-state index is 0.431. The first-order valence-electron chi connectivity index (χ1n) is 8.59. The number of nitrogens with one attached hydrogen (secondary N) is 1. The average molecular weight is 311 g/mol. The van der Waals surface area contributed by atoms with Crippen molar-refractivity contribution in [3.63, 3.8) is 0 Å². The molecule has 5 rings (SSSR count). The second kappa shape index (κ2) is 4.99. The molecule has 0 radical (unpaired) electrons. The summed E-state index contributed by atoms with van der Waals surface area (Å²) in [5, 5.41) is 12.0. The Morgan fingerprint density at radius 3 is 2.83 bits per heavy atom. The van der Waals surface area contributed by atoms with E-state index < -0.39 is 0 Å². The lowest BCUT2D eigenvalue weighted by Gasteiger charge is -2.39. The maximum absolute atomic E-state index is 4.89. The van der Waals surface area contributed by atoms with E-state index in [2.05, 4.69) is 33.6 Å². The van der Waals surface area contributed by atoms with Crippen molar-refractivity contribution in [2.24, 2.45) is 0 Å². The molecule has 2 aliphatic heterocycles. The highest BCUT2D eigenvalue weighted by molar-refractivity contribution is 5.62. The van der Waals surface area contributed by atoms with Crippen LogP contribution >= 0.6 is 0 Å². The summed E-state index contributed by atoms with van der Waals surface area (Å²) < 4.78 is 1.97. The molecule has 1 N–H and O–H groups in total. The number of hydrogen-bond donors (Lipinski definition) is 1. The second-order valence-corrected chi connectivity index (χ2v) is 6.88. The normalized spacial score (nSPS) is 23.5. The molecular weight excluding hydrogens is 290 g/mol. The number of hydrogen-bond acceptors (Lipinski definition) is 6. The highest BCUT2D eigenvalue weighted by Gasteiger charge is 2.30. The molecule has 0 unspecified atom stereocenters. The summed E-state index contributed by atoms with van der Waals surface area (Å²) in [7, 11) is 0. The minimum absolute atomic E-state index is 0.431. The van der Waals surface area contributed by atoms with Gasteiger partial charge in [-0.05, 0) is 32.6 Å². The Morgan fingerprint density at radius 2 is 2.13 bits per heavy atom. The fourth-order valence-corrected chi connectivity index (χ4v) is 3.60. The van der Waals surface area contributed by atoms with Crippen LogP contribution in [-0.4, -0.2) is 50.6 Å². The van der Waals surface area contributed by atoms with E-state index in [0.717, 1.165) is 56.2 Å². The molecule has 2 fully saturated rings. The Labute approximate surface area is 135 Å². The zero-order valence-electron chi connectivity index (χ0n) is 13.4. The van der Waals surface area contributed by atoms with Gasteiger partial charge in [-0.2, -0.15) is 0 Å². The molecule has 4 heterocycles. The van der Waals surface area contributed by atoms with Crippen molar-refractivity contribution in [2.45, 2.75) is 44.7 Å². The molecule has 0 amide bonds. The van der Waals surface area contributed by atoms with E-state index in [1.807, 2.05) is 4.68 Å². The maximum Gasteiger partial charge on any atom is 0.226 e. The first-order chi connectivity index (χ1) is 11.3. The summed E-state index contributed by atoms with van der Waals surface area (Å²) in [4.78, 5) is 12.0. The van der Waals surface area contributed by atoms with Crippen LogP contribution in [0.3, 0.4) is 0 Å². The Hall–Kier alpha value is -2.02. The predicted octanol–water partition coefficient (Wildman–Crippen LogP) is 0.967. The van der Waals surface area contributed by atoms with Gasteiger partial charge in [0.1, 0.15) is 11.4 Å². The van der Waals surface area contributed by atoms with Gasteiger partial charge in [-0.3, -0.25) is 0 Å². The number of fused-ring (bicyclic) bond motifs is 1. The zero-order valence-corrected chi connectivity index (χ0v) is 13.4. The summed E-state index contributed by atoms with van der Waals surface area (Å²) in [6.45, 7) is 5.24. The van der Waals surface area contributed by atoms with Crippen molar-refractivity contribution in [3.8, 4) is 11.4 Å². The van der Waals surface area contributed by atoms with Gasteiger partial charge >= 0.3 is 0 Å². The van der Waals surface area contributed by atoms with E-state index in [9.17, 15) is 0 Å². The van der Waals surface area contributed by atoms with E-state index in [4.69, 9.17) is 9.97 Å². The van der Waals surface area contributed by atoms with Gasteiger partial charge in [0.2, 0.25) is 5.95 Å². The number of aryl methyl sites for hydroxylation is 1. The van der Waals surface area contributed by atoms with Crippen LogP contribution in [0, 0.1) is 0 Å². The van der Waals surface area contributed by atoms with E-state index >= 15 is 0 Å². The van der Waals surface area contributed by atoms with Crippen LogP contribution in [0.25, 0.3) is 11.4 Å². The third-order valence-corrected chi connectivity index (χ3v) is 5.38. The number of nitrogens with zero attached hydrogens (tertiary/aromatic N) is 6. The van der Waals surface area contributed by atoms with Crippen LogP contribution < -0.4 is 10.2 Å². The molecule has 2 aromatic rings. The fraction of sp³-hybridized carbons (Fsp3) is 0.625. The Kier molecular flexibility index (Phi) is 2.91. The van der Waals surface area contributed by atoms with Crippen molar-refractivity contribution in [1.29, 1.82) is 0 Å². The molecule has 1 atom stereocenters. The molecule has 0 aromatic carbocycles. The van der Waals surface area contributed by atoms with E-state index in [1.165, 1.54) is 17.7 Å². The highest BCUT2D eigenvalue weighted by Crippen LogP contribution is 2.33. The van der Waals surface area contributed by atoms with Gasteiger partial charge in [0.25, 0.3) is 0 Å². The zero-order chi connectivity index (χ0) is 15.4. The van der Waals surface area contributed by atoms with E-state index in [1.54, 1.807) is 0 Å². The van der Waals surface area contributed by atoms with Crippen molar-refractivity contribution in [1.82, 2.24) is 30.3 Å².